The van der Waals surface area contributed by atoms with Crippen LogP contribution < -0.4 is 16.0 Å². The van der Waals surface area contributed by atoms with Crippen molar-refractivity contribution in [1.82, 2.24) is 34.7 Å². The van der Waals surface area contributed by atoms with Gasteiger partial charge in [0.25, 0.3) is 5.91 Å². The van der Waals surface area contributed by atoms with E-state index in [1.165, 1.54) is 5.56 Å². The zero-order valence-corrected chi connectivity index (χ0v) is 20.9. The third kappa shape index (κ3) is 5.32. The molecule has 0 radical (unpaired) electrons. The fourth-order valence-corrected chi connectivity index (χ4v) is 4.74. The van der Waals surface area contributed by atoms with Gasteiger partial charge in [-0.2, -0.15) is 19.6 Å². The predicted octanol–water partition coefficient (Wildman–Crippen LogP) is 1.53. The van der Waals surface area contributed by atoms with Crippen LogP contribution in [0.4, 0.5) is 11.9 Å². The first kappa shape index (κ1) is 23.6. The van der Waals surface area contributed by atoms with E-state index in [2.05, 4.69) is 50.0 Å². The van der Waals surface area contributed by atoms with Gasteiger partial charge in [0.15, 0.2) is 5.65 Å². The molecule has 2 aliphatic heterocycles. The van der Waals surface area contributed by atoms with Crippen molar-refractivity contribution in [2.24, 2.45) is 0 Å². The lowest BCUT2D eigenvalue weighted by Gasteiger charge is -2.35. The van der Waals surface area contributed by atoms with Crippen LogP contribution >= 0.6 is 0 Å². The van der Waals surface area contributed by atoms with Gasteiger partial charge >= 0.3 is 0 Å². The number of nitrogens with zero attached hydrogens (tertiary/aromatic N) is 6. The molecule has 37 heavy (non-hydrogen) atoms. The van der Waals surface area contributed by atoms with Gasteiger partial charge in [0.05, 0.1) is 18.7 Å². The summed E-state index contributed by atoms with van der Waals surface area (Å²) < 4.78 is 1.67. The number of hydrogen-bond donors (Lipinski definition) is 3. The number of rotatable bonds is 8. The Balaban J connectivity index is 1.34. The second kappa shape index (κ2) is 9.91. The van der Waals surface area contributed by atoms with Crippen LogP contribution in [0, 0.1) is 0 Å². The summed E-state index contributed by atoms with van der Waals surface area (Å²) in [5.74, 6) is 0.434. The van der Waals surface area contributed by atoms with Gasteiger partial charge in [0.2, 0.25) is 17.8 Å². The number of nitrogens with one attached hydrogen (secondary N) is 3. The molecule has 3 aromatic rings. The van der Waals surface area contributed by atoms with Crippen LogP contribution in [0.25, 0.3) is 11.7 Å². The Hall–Kier alpha value is -3.83. The zero-order valence-electron chi connectivity index (χ0n) is 20.9. The molecule has 2 aromatic heterocycles. The SMILES string of the molecule is CN1CCN(CC(Nc2nc(NC3CC3)n3ncc(/C=C4\CC(=O)NC4=O)c3n2)c2ccccc2)CC1. The molecule has 1 saturated carbocycles. The molecule has 4 heterocycles. The van der Waals surface area contributed by atoms with Crippen molar-refractivity contribution >= 4 is 35.4 Å². The molecule has 3 N–H and O–H groups in total. The number of anilines is 2. The normalized spacial score (nSPS) is 20.9. The summed E-state index contributed by atoms with van der Waals surface area (Å²) in [4.78, 5) is 38.3. The van der Waals surface area contributed by atoms with Gasteiger partial charge in [0, 0.05) is 49.9 Å². The van der Waals surface area contributed by atoms with E-state index >= 15 is 0 Å². The number of benzene rings is 1. The molecule has 6 rings (SSSR count). The number of likely N-dealkylation sites (N-methyl/N-ethyl adjacent to an activating group) is 1. The molecule has 11 nitrogen and oxygen atoms in total. The fraction of sp³-hybridized carbons (Fsp3) is 0.423. The Morgan fingerprint density at radius 3 is 2.59 bits per heavy atom. The van der Waals surface area contributed by atoms with Crippen molar-refractivity contribution in [3.05, 3.63) is 53.2 Å². The Labute approximate surface area is 214 Å². The maximum absolute atomic E-state index is 12.2. The predicted molar refractivity (Wildman–Crippen MR) is 140 cm³/mol. The number of carbonyl (C=O) groups excluding carboxylic acids is 2. The van der Waals surface area contributed by atoms with Crippen LogP contribution in [-0.2, 0) is 9.59 Å². The monoisotopic (exact) mass is 501 g/mol. The molecule has 1 atom stereocenters. The highest BCUT2D eigenvalue weighted by molar-refractivity contribution is 6.15. The molecule has 2 amide bonds. The Bertz CT molecular complexity index is 1340. The Kier molecular flexibility index (Phi) is 6.31. The zero-order chi connectivity index (χ0) is 25.4. The average molecular weight is 502 g/mol. The number of piperazine rings is 1. The van der Waals surface area contributed by atoms with Crippen LogP contribution in [0.3, 0.4) is 0 Å². The second-order valence-corrected chi connectivity index (χ2v) is 10.1. The molecule has 3 fully saturated rings. The van der Waals surface area contributed by atoms with E-state index in [0.717, 1.165) is 45.6 Å². The number of aromatic nitrogens is 4. The fourth-order valence-electron chi connectivity index (χ4n) is 4.74. The molecule has 0 spiro atoms. The van der Waals surface area contributed by atoms with E-state index in [9.17, 15) is 9.59 Å². The lowest BCUT2D eigenvalue weighted by atomic mass is 10.1. The first-order chi connectivity index (χ1) is 18.0. The van der Waals surface area contributed by atoms with Gasteiger partial charge in [-0.1, -0.05) is 30.3 Å². The van der Waals surface area contributed by atoms with Crippen LogP contribution in [0.5, 0.6) is 0 Å². The molecule has 1 unspecified atom stereocenters. The van der Waals surface area contributed by atoms with Crippen molar-refractivity contribution in [3.8, 4) is 0 Å². The largest absolute Gasteiger partial charge is 0.351 e. The van der Waals surface area contributed by atoms with Gasteiger partial charge in [-0.3, -0.25) is 19.8 Å². The lowest BCUT2D eigenvalue weighted by molar-refractivity contribution is -0.124. The standard InChI is InChI=1S/C26H31N9O2/c1-33-9-11-34(12-10-33)16-21(17-5-3-2-4-6-17)29-25-31-23-19(13-18-14-22(36)30-24(18)37)15-27-35(23)26(32-25)28-20-7-8-20/h2-6,13,15,20-21H,7-12,14,16H2,1H3,(H,30,36,37)(H2,28,29,31,32)/b18-13+. The molecule has 0 bridgehead atoms. The Morgan fingerprint density at radius 2 is 1.89 bits per heavy atom. The summed E-state index contributed by atoms with van der Waals surface area (Å²) in [5, 5.41) is 13.9. The van der Waals surface area contributed by atoms with Crippen LogP contribution in [0.1, 0.15) is 36.4 Å². The molecular weight excluding hydrogens is 470 g/mol. The number of amides is 2. The van der Waals surface area contributed by atoms with Crippen LogP contribution in [0.2, 0.25) is 0 Å². The van der Waals surface area contributed by atoms with E-state index in [4.69, 9.17) is 9.97 Å². The highest BCUT2D eigenvalue weighted by Gasteiger charge is 2.27. The molecule has 3 aliphatic rings. The minimum atomic E-state index is -0.371. The third-order valence-corrected chi connectivity index (χ3v) is 7.07. The maximum atomic E-state index is 12.2. The van der Waals surface area contributed by atoms with E-state index in [1.54, 1.807) is 16.8 Å². The minimum absolute atomic E-state index is 0.0104. The Morgan fingerprint density at radius 1 is 1.11 bits per heavy atom. The van der Waals surface area contributed by atoms with Crippen molar-refractivity contribution in [2.45, 2.75) is 31.3 Å². The number of hydrogen-bond acceptors (Lipinski definition) is 9. The smallest absolute Gasteiger partial charge is 0.254 e. The van der Waals surface area contributed by atoms with Crippen molar-refractivity contribution < 1.29 is 9.59 Å². The molecule has 1 aliphatic carbocycles. The summed E-state index contributed by atoms with van der Waals surface area (Å²) in [7, 11) is 2.16. The minimum Gasteiger partial charge on any atom is -0.351 e. The average Bonchev–Trinajstić information content (AvgIpc) is 3.53. The lowest BCUT2D eigenvalue weighted by Crippen LogP contribution is -2.46. The van der Waals surface area contributed by atoms with E-state index < -0.39 is 0 Å². The van der Waals surface area contributed by atoms with Crippen molar-refractivity contribution in [1.29, 1.82) is 0 Å². The van der Waals surface area contributed by atoms with Gasteiger partial charge in [-0.15, -0.1) is 0 Å². The molecule has 192 valence electrons. The molecule has 11 heteroatoms. The van der Waals surface area contributed by atoms with E-state index in [-0.39, 0.29) is 24.3 Å². The van der Waals surface area contributed by atoms with Gasteiger partial charge in [-0.25, -0.2) is 0 Å². The summed E-state index contributed by atoms with van der Waals surface area (Å²) in [6, 6.07) is 10.7. The molecule has 1 aromatic carbocycles. The van der Waals surface area contributed by atoms with E-state index in [1.807, 2.05) is 18.2 Å². The second-order valence-electron chi connectivity index (χ2n) is 10.1. The molecular formula is C26H31N9O2. The highest BCUT2D eigenvalue weighted by Crippen LogP contribution is 2.27. The number of carbonyl (C=O) groups is 2. The summed E-state index contributed by atoms with van der Waals surface area (Å²) >= 11 is 0. The first-order valence-corrected chi connectivity index (χ1v) is 12.8. The van der Waals surface area contributed by atoms with Gasteiger partial charge in [-0.05, 0) is 31.5 Å². The summed E-state index contributed by atoms with van der Waals surface area (Å²) in [6.07, 6.45) is 5.59. The van der Waals surface area contributed by atoms with E-state index in [0.29, 0.717) is 34.7 Å². The van der Waals surface area contributed by atoms with Gasteiger partial charge < -0.3 is 15.5 Å². The topological polar surface area (TPSA) is 120 Å². The number of fused-ring (bicyclic) bond motifs is 1. The van der Waals surface area contributed by atoms with Gasteiger partial charge in [0.1, 0.15) is 0 Å². The van der Waals surface area contributed by atoms with Crippen LogP contribution in [-0.4, -0.2) is 87.0 Å². The van der Waals surface area contributed by atoms with Crippen molar-refractivity contribution in [3.63, 3.8) is 0 Å². The highest BCUT2D eigenvalue weighted by atomic mass is 16.2. The molecule has 2 saturated heterocycles. The first-order valence-electron chi connectivity index (χ1n) is 12.8. The quantitative estimate of drug-likeness (QED) is 0.312. The van der Waals surface area contributed by atoms with Crippen molar-refractivity contribution in [2.75, 3.05) is 50.4 Å². The van der Waals surface area contributed by atoms with Crippen LogP contribution in [0.15, 0.2) is 42.1 Å². The third-order valence-electron chi connectivity index (χ3n) is 7.07. The summed E-state index contributed by atoms with van der Waals surface area (Å²) in [5.41, 5.74) is 2.81. The maximum Gasteiger partial charge on any atom is 0.254 e. The number of imide groups is 1. The summed E-state index contributed by atoms with van der Waals surface area (Å²) in [6.45, 7) is 4.94.